The Kier molecular flexibility index (Phi) is 5.96. The summed E-state index contributed by atoms with van der Waals surface area (Å²) in [5.74, 6) is -0.331. The number of aliphatic hydroxyl groups is 1. The van der Waals surface area contributed by atoms with Gasteiger partial charge < -0.3 is 10.2 Å². The molecule has 21 heavy (non-hydrogen) atoms. The summed E-state index contributed by atoms with van der Waals surface area (Å²) >= 11 is 0. The number of likely N-dealkylation sites (tertiary alicyclic amines) is 1. The Labute approximate surface area is 125 Å². The molecule has 1 fully saturated rings. The first kappa shape index (κ1) is 15.7. The average molecular weight is 289 g/mol. The molecule has 1 saturated heterocycles. The SMILES string of the molecule is O=C(O)/C=C/c1cccc(CN2CCCC(CCO)C2)c1. The second kappa shape index (κ2) is 7.96. The van der Waals surface area contributed by atoms with E-state index < -0.39 is 5.97 Å². The topological polar surface area (TPSA) is 60.8 Å². The smallest absolute Gasteiger partial charge is 0.328 e. The predicted molar refractivity (Wildman–Crippen MR) is 82.8 cm³/mol. The number of carboxylic acids is 1. The molecule has 1 atom stereocenters. The lowest BCUT2D eigenvalue weighted by molar-refractivity contribution is -0.131. The third kappa shape index (κ3) is 5.33. The van der Waals surface area contributed by atoms with Crippen LogP contribution in [0.1, 0.15) is 30.4 Å². The first-order valence-corrected chi connectivity index (χ1v) is 7.50. The van der Waals surface area contributed by atoms with Gasteiger partial charge in [0.25, 0.3) is 0 Å². The van der Waals surface area contributed by atoms with E-state index in [1.807, 2.05) is 18.2 Å². The van der Waals surface area contributed by atoms with E-state index in [4.69, 9.17) is 10.2 Å². The van der Waals surface area contributed by atoms with Crippen molar-refractivity contribution in [2.24, 2.45) is 5.92 Å². The third-order valence-electron chi connectivity index (χ3n) is 3.92. The summed E-state index contributed by atoms with van der Waals surface area (Å²) in [6.07, 6.45) is 6.06. The molecule has 1 aliphatic rings. The molecule has 1 heterocycles. The first-order chi connectivity index (χ1) is 10.2. The van der Waals surface area contributed by atoms with Crippen LogP contribution in [-0.4, -0.2) is 40.8 Å². The third-order valence-corrected chi connectivity index (χ3v) is 3.92. The van der Waals surface area contributed by atoms with Crippen molar-refractivity contribution in [2.75, 3.05) is 19.7 Å². The Morgan fingerprint density at radius 2 is 2.29 bits per heavy atom. The number of hydrogen-bond donors (Lipinski definition) is 2. The zero-order chi connectivity index (χ0) is 15.1. The first-order valence-electron chi connectivity index (χ1n) is 7.50. The highest BCUT2D eigenvalue weighted by atomic mass is 16.4. The van der Waals surface area contributed by atoms with Crippen LogP contribution in [0.4, 0.5) is 0 Å². The lowest BCUT2D eigenvalue weighted by Crippen LogP contribution is -2.35. The van der Waals surface area contributed by atoms with Gasteiger partial charge in [0.15, 0.2) is 0 Å². The van der Waals surface area contributed by atoms with Crippen LogP contribution in [0.3, 0.4) is 0 Å². The standard InChI is InChI=1S/C17H23NO3/c19-10-8-15-5-2-9-18(12-15)13-16-4-1-3-14(11-16)6-7-17(20)21/h1,3-4,6-7,11,15,19H,2,5,8-10,12-13H2,(H,20,21)/b7-6+. The van der Waals surface area contributed by atoms with Crippen molar-refractivity contribution in [1.29, 1.82) is 0 Å². The van der Waals surface area contributed by atoms with E-state index in [0.717, 1.165) is 37.7 Å². The monoisotopic (exact) mass is 289 g/mol. The summed E-state index contributed by atoms with van der Waals surface area (Å²) in [5, 5.41) is 17.7. The van der Waals surface area contributed by atoms with Crippen LogP contribution in [0.15, 0.2) is 30.3 Å². The molecule has 1 aromatic carbocycles. The van der Waals surface area contributed by atoms with E-state index >= 15 is 0 Å². The van der Waals surface area contributed by atoms with E-state index in [-0.39, 0.29) is 6.61 Å². The van der Waals surface area contributed by atoms with Gasteiger partial charge in [-0.05, 0) is 48.9 Å². The molecule has 1 aromatic rings. The number of carboxylic acid groups (broad SMARTS) is 1. The fraction of sp³-hybridized carbons (Fsp3) is 0.471. The Hall–Kier alpha value is -1.65. The largest absolute Gasteiger partial charge is 0.478 e. The number of carbonyl (C=O) groups is 1. The van der Waals surface area contributed by atoms with Crippen LogP contribution >= 0.6 is 0 Å². The van der Waals surface area contributed by atoms with Crippen molar-refractivity contribution in [3.05, 3.63) is 41.5 Å². The van der Waals surface area contributed by atoms with Crippen LogP contribution in [0.5, 0.6) is 0 Å². The highest BCUT2D eigenvalue weighted by molar-refractivity contribution is 5.85. The van der Waals surface area contributed by atoms with Crippen LogP contribution in [-0.2, 0) is 11.3 Å². The molecule has 4 heteroatoms. The molecule has 0 amide bonds. The lowest BCUT2D eigenvalue weighted by Gasteiger charge is -2.32. The van der Waals surface area contributed by atoms with Gasteiger partial charge in [0.2, 0.25) is 0 Å². The quantitative estimate of drug-likeness (QED) is 0.789. The van der Waals surface area contributed by atoms with Crippen LogP contribution < -0.4 is 0 Å². The fourth-order valence-corrected chi connectivity index (χ4v) is 2.93. The van der Waals surface area contributed by atoms with E-state index in [9.17, 15) is 4.79 Å². The molecule has 4 nitrogen and oxygen atoms in total. The molecule has 0 spiro atoms. The predicted octanol–water partition coefficient (Wildman–Crippen LogP) is 2.38. The molecule has 1 unspecified atom stereocenters. The summed E-state index contributed by atoms with van der Waals surface area (Å²) in [5.41, 5.74) is 2.12. The maximum absolute atomic E-state index is 10.6. The summed E-state index contributed by atoms with van der Waals surface area (Å²) in [6, 6.07) is 7.99. The fourth-order valence-electron chi connectivity index (χ4n) is 2.93. The average Bonchev–Trinajstić information content (AvgIpc) is 2.46. The molecule has 114 valence electrons. The van der Waals surface area contributed by atoms with Gasteiger partial charge in [-0.3, -0.25) is 4.90 Å². The number of piperidine rings is 1. The minimum atomic E-state index is -0.928. The van der Waals surface area contributed by atoms with Crippen molar-refractivity contribution in [3.8, 4) is 0 Å². The molecule has 1 aliphatic heterocycles. The molecule has 0 bridgehead atoms. The molecule has 0 aliphatic carbocycles. The Morgan fingerprint density at radius 1 is 1.43 bits per heavy atom. The van der Waals surface area contributed by atoms with Crippen LogP contribution in [0.25, 0.3) is 6.08 Å². The minimum absolute atomic E-state index is 0.272. The lowest BCUT2D eigenvalue weighted by atomic mass is 9.95. The summed E-state index contributed by atoms with van der Waals surface area (Å²) in [7, 11) is 0. The molecule has 0 aromatic heterocycles. The normalized spacial score (nSPS) is 20.0. The van der Waals surface area contributed by atoms with Gasteiger partial charge in [-0.2, -0.15) is 0 Å². The van der Waals surface area contributed by atoms with Crippen molar-refractivity contribution >= 4 is 12.0 Å². The van der Waals surface area contributed by atoms with Crippen molar-refractivity contribution in [2.45, 2.75) is 25.8 Å². The number of aliphatic carboxylic acids is 1. The van der Waals surface area contributed by atoms with Gasteiger partial charge in [0.1, 0.15) is 0 Å². The second-order valence-corrected chi connectivity index (χ2v) is 5.67. The van der Waals surface area contributed by atoms with E-state index in [2.05, 4.69) is 11.0 Å². The highest BCUT2D eigenvalue weighted by Gasteiger charge is 2.19. The number of aliphatic hydroxyl groups excluding tert-OH is 1. The Morgan fingerprint density at radius 3 is 3.05 bits per heavy atom. The number of hydrogen-bond acceptors (Lipinski definition) is 3. The zero-order valence-corrected chi connectivity index (χ0v) is 12.2. The Bertz CT molecular complexity index is 497. The summed E-state index contributed by atoms with van der Waals surface area (Å²) in [6.45, 7) is 3.29. The molecular formula is C17H23NO3. The summed E-state index contributed by atoms with van der Waals surface area (Å²) < 4.78 is 0. The van der Waals surface area contributed by atoms with E-state index in [1.165, 1.54) is 18.4 Å². The molecule has 0 saturated carbocycles. The van der Waals surface area contributed by atoms with Crippen LogP contribution in [0, 0.1) is 5.92 Å². The zero-order valence-electron chi connectivity index (χ0n) is 12.2. The van der Waals surface area contributed by atoms with Gasteiger partial charge in [-0.25, -0.2) is 4.79 Å². The Balaban J connectivity index is 1.96. The molecule has 0 radical (unpaired) electrons. The van der Waals surface area contributed by atoms with E-state index in [0.29, 0.717) is 5.92 Å². The van der Waals surface area contributed by atoms with Crippen molar-refractivity contribution in [1.82, 2.24) is 4.90 Å². The van der Waals surface area contributed by atoms with Crippen molar-refractivity contribution < 1.29 is 15.0 Å². The summed E-state index contributed by atoms with van der Waals surface area (Å²) in [4.78, 5) is 13.0. The number of rotatable bonds is 6. The van der Waals surface area contributed by atoms with Gasteiger partial charge in [-0.15, -0.1) is 0 Å². The highest BCUT2D eigenvalue weighted by Crippen LogP contribution is 2.21. The van der Waals surface area contributed by atoms with Crippen LogP contribution in [0.2, 0.25) is 0 Å². The maximum atomic E-state index is 10.6. The molecule has 2 N–H and O–H groups in total. The molecule has 2 rings (SSSR count). The van der Waals surface area contributed by atoms with Gasteiger partial charge >= 0.3 is 5.97 Å². The second-order valence-electron chi connectivity index (χ2n) is 5.67. The number of benzene rings is 1. The van der Waals surface area contributed by atoms with E-state index in [1.54, 1.807) is 6.08 Å². The van der Waals surface area contributed by atoms with Gasteiger partial charge in [0, 0.05) is 25.8 Å². The minimum Gasteiger partial charge on any atom is -0.478 e. The number of nitrogens with zero attached hydrogens (tertiary/aromatic N) is 1. The molecular weight excluding hydrogens is 266 g/mol. The van der Waals surface area contributed by atoms with Crippen molar-refractivity contribution in [3.63, 3.8) is 0 Å². The van der Waals surface area contributed by atoms with Gasteiger partial charge in [-0.1, -0.05) is 24.3 Å². The van der Waals surface area contributed by atoms with Gasteiger partial charge in [0.05, 0.1) is 0 Å². The maximum Gasteiger partial charge on any atom is 0.328 e.